The van der Waals surface area contributed by atoms with Gasteiger partial charge in [0, 0.05) is 19.1 Å². The Morgan fingerprint density at radius 2 is 1.80 bits per heavy atom. The molecule has 0 saturated carbocycles. The van der Waals surface area contributed by atoms with Crippen LogP contribution in [0, 0.1) is 6.92 Å². The van der Waals surface area contributed by atoms with Crippen molar-refractivity contribution in [1.82, 2.24) is 0 Å². The van der Waals surface area contributed by atoms with Crippen molar-refractivity contribution in [2.24, 2.45) is 0 Å². The maximum absolute atomic E-state index is 5.50. The van der Waals surface area contributed by atoms with E-state index in [2.05, 4.69) is 6.92 Å². The van der Waals surface area contributed by atoms with Crippen LogP contribution in [0.5, 0.6) is 0 Å². The molecule has 0 spiro atoms. The Hall–Kier alpha value is 0.250. The van der Waals surface area contributed by atoms with Gasteiger partial charge in [-0.1, -0.05) is 12.8 Å². The summed E-state index contributed by atoms with van der Waals surface area (Å²) in [5.41, 5.74) is 0. The Labute approximate surface area is 68.7 Å². The van der Waals surface area contributed by atoms with Crippen molar-refractivity contribution in [3.8, 4) is 0 Å². The van der Waals surface area contributed by atoms with Crippen LogP contribution in [0.2, 0.25) is 0 Å². The minimum absolute atomic E-state index is 0.593. The summed E-state index contributed by atoms with van der Waals surface area (Å²) in [5.74, 6) is 0.788. The van der Waals surface area contributed by atoms with E-state index < -0.39 is 0 Å². The average molecular weight is 164 g/mol. The fraction of sp³-hybridized carbons (Fsp3) is 0.875. The van der Waals surface area contributed by atoms with E-state index in [4.69, 9.17) is 16.3 Å². The minimum atomic E-state index is 0.593. The van der Waals surface area contributed by atoms with Gasteiger partial charge >= 0.3 is 0 Å². The fourth-order valence-electron chi connectivity index (χ4n) is 0.754. The van der Waals surface area contributed by atoms with Crippen molar-refractivity contribution in [3.05, 3.63) is 6.92 Å². The van der Waals surface area contributed by atoms with Crippen molar-refractivity contribution >= 4 is 11.6 Å². The first-order valence-corrected chi connectivity index (χ1v) is 4.38. The summed E-state index contributed by atoms with van der Waals surface area (Å²) in [6.07, 6.45) is 4.73. The average Bonchev–Trinajstić information content (AvgIpc) is 1.97. The van der Waals surface area contributed by atoms with Gasteiger partial charge in [-0.15, -0.1) is 11.6 Å². The van der Waals surface area contributed by atoms with Crippen LogP contribution < -0.4 is 0 Å². The number of unbranched alkanes of at least 4 members (excludes halogenated alkanes) is 3. The van der Waals surface area contributed by atoms with Crippen LogP contribution in [0.15, 0.2) is 0 Å². The third kappa shape index (κ3) is 8.25. The fourth-order valence-corrected chi connectivity index (χ4v) is 0.943. The second-order valence-corrected chi connectivity index (χ2v) is 2.59. The highest BCUT2D eigenvalue weighted by atomic mass is 35.5. The van der Waals surface area contributed by atoms with Crippen molar-refractivity contribution in [2.45, 2.75) is 25.7 Å². The predicted octanol–water partition coefficient (Wildman–Crippen LogP) is 2.64. The van der Waals surface area contributed by atoms with E-state index in [0.717, 1.165) is 25.3 Å². The van der Waals surface area contributed by atoms with E-state index in [9.17, 15) is 0 Å². The zero-order chi connectivity index (χ0) is 7.66. The SMILES string of the molecule is [CH2]COCCCCCCCl. The molecule has 0 atom stereocenters. The number of hydrogen-bond donors (Lipinski definition) is 0. The summed E-state index contributed by atoms with van der Waals surface area (Å²) in [6.45, 7) is 5.02. The van der Waals surface area contributed by atoms with E-state index in [1.54, 1.807) is 0 Å². The predicted molar refractivity (Wildman–Crippen MR) is 45.4 cm³/mol. The molecule has 0 N–H and O–H groups in total. The van der Waals surface area contributed by atoms with Crippen LogP contribution in [0.3, 0.4) is 0 Å². The molecule has 0 aromatic carbocycles. The Bertz CT molecular complexity index is 49.2. The van der Waals surface area contributed by atoms with E-state index in [1.807, 2.05) is 0 Å². The molecule has 0 aromatic rings. The third-order valence-electron chi connectivity index (χ3n) is 1.32. The van der Waals surface area contributed by atoms with Crippen molar-refractivity contribution < 1.29 is 4.74 Å². The Kier molecular flexibility index (Phi) is 9.48. The molecule has 0 aliphatic heterocycles. The maximum Gasteiger partial charge on any atom is 0.0466 e. The number of rotatable bonds is 7. The van der Waals surface area contributed by atoms with Gasteiger partial charge in [0.15, 0.2) is 0 Å². The number of hydrogen-bond acceptors (Lipinski definition) is 1. The molecule has 0 heterocycles. The number of halogens is 1. The minimum Gasteiger partial charge on any atom is -0.381 e. The molecule has 0 fully saturated rings. The van der Waals surface area contributed by atoms with Crippen LogP contribution >= 0.6 is 11.6 Å². The monoisotopic (exact) mass is 163 g/mol. The second-order valence-electron chi connectivity index (χ2n) is 2.22. The number of ether oxygens (including phenoxy) is 1. The molecule has 0 amide bonds. The van der Waals surface area contributed by atoms with Gasteiger partial charge in [0.1, 0.15) is 0 Å². The van der Waals surface area contributed by atoms with Gasteiger partial charge in [0.25, 0.3) is 0 Å². The van der Waals surface area contributed by atoms with Gasteiger partial charge in [-0.3, -0.25) is 0 Å². The van der Waals surface area contributed by atoms with Crippen LogP contribution in [0.1, 0.15) is 25.7 Å². The Morgan fingerprint density at radius 3 is 2.40 bits per heavy atom. The maximum atomic E-state index is 5.50. The first-order chi connectivity index (χ1) is 4.91. The van der Waals surface area contributed by atoms with Crippen molar-refractivity contribution in [3.63, 3.8) is 0 Å². The van der Waals surface area contributed by atoms with Gasteiger partial charge < -0.3 is 4.74 Å². The molecular weight excluding hydrogens is 148 g/mol. The topological polar surface area (TPSA) is 9.23 Å². The molecular formula is C8H16ClO. The molecule has 0 aromatic heterocycles. The van der Waals surface area contributed by atoms with Crippen LogP contribution in [0.4, 0.5) is 0 Å². The lowest BCUT2D eigenvalue weighted by Crippen LogP contribution is -1.93. The van der Waals surface area contributed by atoms with E-state index in [-0.39, 0.29) is 0 Å². The molecule has 1 radical (unpaired) electrons. The van der Waals surface area contributed by atoms with Crippen molar-refractivity contribution in [1.29, 1.82) is 0 Å². The highest BCUT2D eigenvalue weighted by Gasteiger charge is 1.87. The van der Waals surface area contributed by atoms with Gasteiger partial charge in [-0.25, -0.2) is 0 Å². The van der Waals surface area contributed by atoms with Gasteiger partial charge in [0.2, 0.25) is 0 Å². The second kappa shape index (κ2) is 9.25. The summed E-state index contributed by atoms with van der Waals surface area (Å²) in [5, 5.41) is 0. The molecule has 61 valence electrons. The lowest BCUT2D eigenvalue weighted by molar-refractivity contribution is 0.156. The first-order valence-electron chi connectivity index (χ1n) is 3.84. The molecule has 0 bridgehead atoms. The normalized spacial score (nSPS) is 10.2. The summed E-state index contributed by atoms with van der Waals surface area (Å²) >= 11 is 5.50. The number of alkyl halides is 1. The highest BCUT2D eigenvalue weighted by Crippen LogP contribution is 2.00. The molecule has 0 saturated heterocycles. The first kappa shape index (κ1) is 10.2. The summed E-state index contributed by atoms with van der Waals surface area (Å²) in [7, 11) is 0. The van der Waals surface area contributed by atoms with Gasteiger partial charge in [-0.2, -0.15) is 0 Å². The molecule has 1 nitrogen and oxygen atoms in total. The third-order valence-corrected chi connectivity index (χ3v) is 1.58. The van der Waals surface area contributed by atoms with Crippen molar-refractivity contribution in [2.75, 3.05) is 19.1 Å². The zero-order valence-corrected chi connectivity index (χ0v) is 7.20. The lowest BCUT2D eigenvalue weighted by atomic mass is 10.2. The summed E-state index contributed by atoms with van der Waals surface area (Å²) < 4.78 is 5.07. The zero-order valence-electron chi connectivity index (χ0n) is 6.44. The Morgan fingerprint density at radius 1 is 1.10 bits per heavy atom. The van der Waals surface area contributed by atoms with E-state index in [1.165, 1.54) is 12.8 Å². The van der Waals surface area contributed by atoms with Crippen LogP contribution in [-0.4, -0.2) is 19.1 Å². The van der Waals surface area contributed by atoms with E-state index >= 15 is 0 Å². The van der Waals surface area contributed by atoms with Crippen LogP contribution in [0.25, 0.3) is 0 Å². The Balaban J connectivity index is 2.65. The van der Waals surface area contributed by atoms with Gasteiger partial charge in [0.05, 0.1) is 0 Å². The quantitative estimate of drug-likeness (QED) is 0.414. The molecule has 0 aliphatic carbocycles. The van der Waals surface area contributed by atoms with Crippen LogP contribution in [-0.2, 0) is 4.74 Å². The smallest absolute Gasteiger partial charge is 0.0466 e. The molecule has 0 aliphatic rings. The lowest BCUT2D eigenvalue weighted by Gasteiger charge is -1.99. The molecule has 0 rings (SSSR count). The summed E-state index contributed by atoms with van der Waals surface area (Å²) in [4.78, 5) is 0. The highest BCUT2D eigenvalue weighted by molar-refractivity contribution is 6.17. The molecule has 0 unspecified atom stereocenters. The largest absolute Gasteiger partial charge is 0.381 e. The summed E-state index contributed by atoms with van der Waals surface area (Å²) in [6, 6.07) is 0. The van der Waals surface area contributed by atoms with E-state index in [0.29, 0.717) is 6.61 Å². The molecule has 2 heteroatoms. The standard InChI is InChI=1S/C8H16ClO/c1-2-10-8-6-4-3-5-7-9/h1-8H2. The van der Waals surface area contributed by atoms with Gasteiger partial charge in [-0.05, 0) is 19.8 Å². The molecule has 10 heavy (non-hydrogen) atoms.